The number of carbonyl (C=O) groups is 1. The van der Waals surface area contributed by atoms with Gasteiger partial charge in [-0.1, -0.05) is 6.92 Å². The lowest BCUT2D eigenvalue weighted by Crippen LogP contribution is -2.37. The number of amides is 1. The Hall–Kier alpha value is -0.220. The minimum absolute atomic E-state index is 0.199. The molecule has 2 atom stereocenters. The zero-order valence-corrected chi connectivity index (χ0v) is 9.12. The van der Waals surface area contributed by atoms with Crippen LogP contribution < -0.4 is 10.6 Å². The summed E-state index contributed by atoms with van der Waals surface area (Å²) in [5, 5.41) is 6.95. The van der Waals surface area contributed by atoms with E-state index < -0.39 is 0 Å². The van der Waals surface area contributed by atoms with Crippen LogP contribution in [0, 0.1) is 0 Å². The average molecular weight is 202 g/mol. The van der Waals surface area contributed by atoms with E-state index in [2.05, 4.69) is 23.8 Å². The lowest BCUT2D eigenvalue weighted by Gasteiger charge is -2.13. The molecule has 2 unspecified atom stereocenters. The van der Waals surface area contributed by atoms with Gasteiger partial charge in [-0.3, -0.25) is 4.79 Å². The first-order valence-corrected chi connectivity index (χ1v) is 6.04. The maximum Gasteiger partial charge on any atom is 0.220 e. The largest absolute Gasteiger partial charge is 0.352 e. The second-order valence-electron chi connectivity index (χ2n) is 3.51. The molecule has 1 aliphatic rings. The van der Waals surface area contributed by atoms with Gasteiger partial charge in [-0.2, -0.15) is 11.8 Å². The van der Waals surface area contributed by atoms with Crippen LogP contribution in [0.1, 0.15) is 19.8 Å². The van der Waals surface area contributed by atoms with Crippen LogP contribution >= 0.6 is 11.8 Å². The number of rotatable bonds is 5. The molecule has 1 fully saturated rings. The normalized spacial score (nSPS) is 24.5. The summed E-state index contributed by atoms with van der Waals surface area (Å²) in [6, 6.07) is 0.363. The van der Waals surface area contributed by atoms with Gasteiger partial charge in [0.05, 0.1) is 0 Å². The van der Waals surface area contributed by atoms with Gasteiger partial charge in [-0.25, -0.2) is 0 Å². The van der Waals surface area contributed by atoms with E-state index >= 15 is 0 Å². The molecule has 0 radical (unpaired) electrons. The fourth-order valence-electron chi connectivity index (χ4n) is 1.37. The van der Waals surface area contributed by atoms with Crippen LogP contribution in [-0.4, -0.2) is 36.5 Å². The van der Waals surface area contributed by atoms with E-state index in [9.17, 15) is 4.79 Å². The Kier molecular flexibility index (Phi) is 4.59. The maximum absolute atomic E-state index is 10.9. The van der Waals surface area contributed by atoms with Crippen molar-refractivity contribution < 1.29 is 4.79 Å². The number of carbonyl (C=O) groups excluding carboxylic acids is 1. The molecule has 4 heteroatoms. The van der Waals surface area contributed by atoms with Crippen molar-refractivity contribution in [2.24, 2.45) is 0 Å². The standard InChI is InChI=1S/C9H18N2OS/c1-7(13-2)5-10-6-8-3-4-9(12)11-8/h7-8,10H,3-6H2,1-2H3,(H,11,12). The van der Waals surface area contributed by atoms with Gasteiger partial charge < -0.3 is 10.6 Å². The van der Waals surface area contributed by atoms with Crippen molar-refractivity contribution in [3.8, 4) is 0 Å². The van der Waals surface area contributed by atoms with Crippen LogP contribution in [-0.2, 0) is 4.79 Å². The molecule has 3 nitrogen and oxygen atoms in total. The summed E-state index contributed by atoms with van der Waals surface area (Å²) >= 11 is 1.86. The van der Waals surface area contributed by atoms with Crippen LogP contribution in [0.5, 0.6) is 0 Å². The van der Waals surface area contributed by atoms with Gasteiger partial charge in [0, 0.05) is 30.8 Å². The number of nitrogens with one attached hydrogen (secondary N) is 2. The third-order valence-corrected chi connectivity index (χ3v) is 3.28. The van der Waals surface area contributed by atoms with Crippen molar-refractivity contribution in [2.45, 2.75) is 31.1 Å². The second kappa shape index (κ2) is 5.50. The number of hydrogen-bond acceptors (Lipinski definition) is 3. The Labute approximate surface area is 84.0 Å². The molecule has 76 valence electrons. The van der Waals surface area contributed by atoms with Crippen LogP contribution in [0.15, 0.2) is 0 Å². The van der Waals surface area contributed by atoms with E-state index in [1.54, 1.807) is 0 Å². The Morgan fingerprint density at radius 1 is 1.77 bits per heavy atom. The Balaban J connectivity index is 2.03. The molecule has 0 aromatic heterocycles. The SMILES string of the molecule is CSC(C)CNCC1CCC(=O)N1. The van der Waals surface area contributed by atoms with E-state index in [4.69, 9.17) is 0 Å². The minimum Gasteiger partial charge on any atom is -0.352 e. The highest BCUT2D eigenvalue weighted by atomic mass is 32.2. The van der Waals surface area contributed by atoms with Crippen molar-refractivity contribution in [1.82, 2.24) is 10.6 Å². The van der Waals surface area contributed by atoms with Crippen LogP contribution in [0.4, 0.5) is 0 Å². The highest BCUT2D eigenvalue weighted by Crippen LogP contribution is 2.06. The molecule has 0 saturated carbocycles. The monoisotopic (exact) mass is 202 g/mol. The number of thioether (sulfide) groups is 1. The van der Waals surface area contributed by atoms with Gasteiger partial charge in [-0.05, 0) is 12.7 Å². The fraction of sp³-hybridized carbons (Fsp3) is 0.889. The maximum atomic E-state index is 10.9. The summed E-state index contributed by atoms with van der Waals surface area (Å²) in [6.45, 7) is 4.13. The molecule has 0 aliphatic carbocycles. The molecule has 0 aromatic rings. The van der Waals surface area contributed by atoms with E-state index in [1.807, 2.05) is 11.8 Å². The van der Waals surface area contributed by atoms with Gasteiger partial charge in [0.1, 0.15) is 0 Å². The topological polar surface area (TPSA) is 41.1 Å². The van der Waals surface area contributed by atoms with Crippen molar-refractivity contribution in [2.75, 3.05) is 19.3 Å². The smallest absolute Gasteiger partial charge is 0.220 e. The molecule has 1 amide bonds. The molecule has 1 rings (SSSR count). The molecular weight excluding hydrogens is 184 g/mol. The van der Waals surface area contributed by atoms with Gasteiger partial charge in [-0.15, -0.1) is 0 Å². The van der Waals surface area contributed by atoms with E-state index in [-0.39, 0.29) is 5.91 Å². The summed E-state index contributed by atoms with van der Waals surface area (Å²) in [4.78, 5) is 10.9. The Bertz CT molecular complexity index is 175. The lowest BCUT2D eigenvalue weighted by atomic mass is 10.2. The fourth-order valence-corrected chi connectivity index (χ4v) is 1.66. The summed E-state index contributed by atoms with van der Waals surface area (Å²) in [5.74, 6) is 0.199. The molecule has 13 heavy (non-hydrogen) atoms. The molecule has 2 N–H and O–H groups in total. The summed E-state index contributed by atoms with van der Waals surface area (Å²) < 4.78 is 0. The quantitative estimate of drug-likeness (QED) is 0.686. The van der Waals surface area contributed by atoms with Crippen LogP contribution in [0.3, 0.4) is 0 Å². The van der Waals surface area contributed by atoms with Crippen molar-refractivity contribution in [3.05, 3.63) is 0 Å². The zero-order chi connectivity index (χ0) is 9.68. The average Bonchev–Trinajstić information content (AvgIpc) is 2.51. The first-order chi connectivity index (χ1) is 6.22. The van der Waals surface area contributed by atoms with Crippen LogP contribution in [0.2, 0.25) is 0 Å². The molecule has 0 bridgehead atoms. The number of hydrogen-bond donors (Lipinski definition) is 2. The lowest BCUT2D eigenvalue weighted by molar-refractivity contribution is -0.119. The molecule has 1 saturated heterocycles. The zero-order valence-electron chi connectivity index (χ0n) is 8.30. The first kappa shape index (κ1) is 10.9. The van der Waals surface area contributed by atoms with Crippen molar-refractivity contribution in [1.29, 1.82) is 0 Å². The minimum atomic E-state index is 0.199. The predicted molar refractivity (Wildman–Crippen MR) is 57.0 cm³/mol. The first-order valence-electron chi connectivity index (χ1n) is 4.75. The highest BCUT2D eigenvalue weighted by Gasteiger charge is 2.19. The summed E-state index contributed by atoms with van der Waals surface area (Å²) in [7, 11) is 0. The third kappa shape index (κ3) is 4.00. The van der Waals surface area contributed by atoms with Gasteiger partial charge in [0.25, 0.3) is 0 Å². The molecule has 0 spiro atoms. The molecular formula is C9H18N2OS. The van der Waals surface area contributed by atoms with Crippen molar-refractivity contribution >= 4 is 17.7 Å². The summed E-state index contributed by atoms with van der Waals surface area (Å²) in [5.41, 5.74) is 0. The van der Waals surface area contributed by atoms with E-state index in [0.29, 0.717) is 17.7 Å². The predicted octanol–water partition coefficient (Wildman–Crippen LogP) is 0.606. The molecule has 1 aliphatic heterocycles. The van der Waals surface area contributed by atoms with Gasteiger partial charge in [0.2, 0.25) is 5.91 Å². The van der Waals surface area contributed by atoms with Gasteiger partial charge >= 0.3 is 0 Å². The summed E-state index contributed by atoms with van der Waals surface area (Å²) in [6.07, 6.45) is 3.80. The molecule has 0 aromatic carbocycles. The second-order valence-corrected chi connectivity index (χ2v) is 4.78. The third-order valence-electron chi connectivity index (χ3n) is 2.31. The molecule has 1 heterocycles. The Morgan fingerprint density at radius 3 is 3.08 bits per heavy atom. The highest BCUT2D eigenvalue weighted by molar-refractivity contribution is 7.99. The van der Waals surface area contributed by atoms with E-state index in [1.165, 1.54) is 0 Å². The van der Waals surface area contributed by atoms with Crippen molar-refractivity contribution in [3.63, 3.8) is 0 Å². The van der Waals surface area contributed by atoms with E-state index in [0.717, 1.165) is 19.5 Å². The Morgan fingerprint density at radius 2 is 2.54 bits per heavy atom. The van der Waals surface area contributed by atoms with Crippen LogP contribution in [0.25, 0.3) is 0 Å². The van der Waals surface area contributed by atoms with Gasteiger partial charge in [0.15, 0.2) is 0 Å².